The van der Waals surface area contributed by atoms with Gasteiger partial charge in [0.1, 0.15) is 0 Å². The fourth-order valence-corrected chi connectivity index (χ4v) is 2.95. The summed E-state index contributed by atoms with van der Waals surface area (Å²) in [5.74, 6) is 0.739. The van der Waals surface area contributed by atoms with Crippen LogP contribution < -0.4 is 5.32 Å². The van der Waals surface area contributed by atoms with E-state index in [-0.39, 0.29) is 0 Å². The van der Waals surface area contributed by atoms with Gasteiger partial charge in [0.05, 0.1) is 0 Å². The maximum atomic E-state index is 3.49. The van der Waals surface area contributed by atoms with Crippen molar-refractivity contribution in [1.82, 2.24) is 10.2 Å². The van der Waals surface area contributed by atoms with Gasteiger partial charge in [0.2, 0.25) is 0 Å². The second-order valence-electron chi connectivity index (χ2n) is 4.65. The minimum atomic E-state index is 0.676. The summed E-state index contributed by atoms with van der Waals surface area (Å²) >= 11 is 1.99. The summed E-state index contributed by atoms with van der Waals surface area (Å²) < 4.78 is 0. The molecule has 2 nitrogen and oxygen atoms in total. The van der Waals surface area contributed by atoms with Gasteiger partial charge in [0, 0.05) is 30.4 Å². The van der Waals surface area contributed by atoms with Crippen molar-refractivity contribution < 1.29 is 0 Å². The van der Waals surface area contributed by atoms with Crippen molar-refractivity contribution in [3.8, 4) is 0 Å². The molecule has 14 heavy (non-hydrogen) atoms. The predicted molar refractivity (Wildman–Crippen MR) is 66.0 cm³/mol. The summed E-state index contributed by atoms with van der Waals surface area (Å²) in [6.07, 6.45) is 2.22. The zero-order valence-corrected chi connectivity index (χ0v) is 10.9. The maximum absolute atomic E-state index is 3.49. The first-order valence-electron chi connectivity index (χ1n) is 5.53. The van der Waals surface area contributed by atoms with Crippen molar-refractivity contribution in [3.05, 3.63) is 0 Å². The Kier molecular flexibility index (Phi) is 4.74. The van der Waals surface area contributed by atoms with Gasteiger partial charge in [-0.05, 0) is 26.1 Å². The third-order valence-electron chi connectivity index (χ3n) is 3.56. The molecule has 0 saturated carbocycles. The minimum absolute atomic E-state index is 0.676. The number of nitrogens with zero attached hydrogens (tertiary/aromatic N) is 1. The van der Waals surface area contributed by atoms with Crippen molar-refractivity contribution in [1.29, 1.82) is 0 Å². The van der Waals surface area contributed by atoms with Gasteiger partial charge in [0.15, 0.2) is 0 Å². The first kappa shape index (κ1) is 12.3. The molecule has 1 saturated heterocycles. The fraction of sp³-hybridized carbons (Fsp3) is 1.00. The summed E-state index contributed by atoms with van der Waals surface area (Å²) in [5.41, 5.74) is 0. The van der Waals surface area contributed by atoms with E-state index in [0.717, 1.165) is 17.7 Å². The van der Waals surface area contributed by atoms with Gasteiger partial charge in [-0.25, -0.2) is 0 Å². The lowest BCUT2D eigenvalue weighted by atomic mass is 10.0. The van der Waals surface area contributed by atoms with Gasteiger partial charge in [-0.1, -0.05) is 13.8 Å². The molecule has 0 aromatic carbocycles. The molecule has 1 aliphatic heterocycles. The number of hydrogen-bond acceptors (Lipinski definition) is 3. The highest BCUT2D eigenvalue weighted by Crippen LogP contribution is 2.22. The summed E-state index contributed by atoms with van der Waals surface area (Å²) in [6.45, 7) is 9.26. The largest absolute Gasteiger partial charge is 0.314 e. The van der Waals surface area contributed by atoms with Gasteiger partial charge in [-0.15, -0.1) is 0 Å². The lowest BCUT2D eigenvalue weighted by Gasteiger charge is -2.35. The molecule has 1 aliphatic rings. The van der Waals surface area contributed by atoms with Crippen molar-refractivity contribution in [2.45, 2.75) is 38.1 Å². The number of likely N-dealkylation sites (N-methyl/N-ethyl adjacent to an activating group) is 1. The fourth-order valence-electron chi connectivity index (χ4n) is 2.06. The number of nitrogens with one attached hydrogen (secondary N) is 1. The molecule has 1 heterocycles. The van der Waals surface area contributed by atoms with Crippen LogP contribution in [0.3, 0.4) is 0 Å². The van der Waals surface area contributed by atoms with Crippen LogP contribution in [0.25, 0.3) is 0 Å². The van der Waals surface area contributed by atoms with Crippen molar-refractivity contribution in [2.24, 2.45) is 5.92 Å². The highest BCUT2D eigenvalue weighted by atomic mass is 32.2. The number of hydrogen-bond donors (Lipinski definition) is 1. The summed E-state index contributed by atoms with van der Waals surface area (Å²) in [6, 6.07) is 1.39. The molecule has 0 bridgehead atoms. The molecular weight excluding hydrogens is 192 g/mol. The highest BCUT2D eigenvalue weighted by molar-refractivity contribution is 7.99. The molecule has 3 atom stereocenters. The Bertz CT molecular complexity index is 173. The van der Waals surface area contributed by atoms with E-state index >= 15 is 0 Å². The van der Waals surface area contributed by atoms with Gasteiger partial charge < -0.3 is 5.32 Å². The van der Waals surface area contributed by atoms with Crippen LogP contribution >= 0.6 is 11.8 Å². The van der Waals surface area contributed by atoms with E-state index in [1.54, 1.807) is 0 Å². The molecule has 1 rings (SSSR count). The average molecular weight is 216 g/mol. The van der Waals surface area contributed by atoms with Crippen LogP contribution in [0, 0.1) is 5.92 Å². The molecule has 0 amide bonds. The van der Waals surface area contributed by atoms with Crippen LogP contribution in [0.1, 0.15) is 20.8 Å². The minimum Gasteiger partial charge on any atom is -0.314 e. The maximum Gasteiger partial charge on any atom is 0.0351 e. The molecule has 0 aliphatic carbocycles. The first-order chi connectivity index (χ1) is 6.57. The summed E-state index contributed by atoms with van der Waals surface area (Å²) in [4.78, 5) is 2.55. The zero-order valence-electron chi connectivity index (χ0n) is 10.1. The highest BCUT2D eigenvalue weighted by Gasteiger charge is 2.32. The van der Waals surface area contributed by atoms with Crippen LogP contribution in [0.15, 0.2) is 0 Å². The smallest absolute Gasteiger partial charge is 0.0351 e. The monoisotopic (exact) mass is 216 g/mol. The first-order valence-corrected chi connectivity index (χ1v) is 6.82. The standard InChI is InChI=1S/C11H24N2S/c1-8(2)9(3)13(4)10-6-12-7-11(10)14-5/h8-12H,6-7H2,1-5H3. The van der Waals surface area contributed by atoms with Gasteiger partial charge in [-0.3, -0.25) is 4.90 Å². The summed E-state index contributed by atoms with van der Waals surface area (Å²) in [7, 11) is 2.27. The molecule has 0 aromatic rings. The third kappa shape index (κ3) is 2.65. The van der Waals surface area contributed by atoms with E-state index in [4.69, 9.17) is 0 Å². The molecule has 1 N–H and O–H groups in total. The van der Waals surface area contributed by atoms with Crippen LogP contribution in [0.4, 0.5) is 0 Å². The Hall–Kier alpha value is 0.270. The van der Waals surface area contributed by atoms with Crippen molar-refractivity contribution >= 4 is 11.8 Å². The Balaban J connectivity index is 2.54. The lowest BCUT2D eigenvalue weighted by Crippen LogP contribution is -2.46. The SMILES string of the molecule is CSC1CNCC1N(C)C(C)C(C)C. The molecule has 0 radical (unpaired) electrons. The predicted octanol–water partition coefficient (Wildman–Crippen LogP) is 1.67. The van der Waals surface area contributed by atoms with E-state index < -0.39 is 0 Å². The molecule has 3 unspecified atom stereocenters. The number of thioether (sulfide) groups is 1. The van der Waals surface area contributed by atoms with E-state index in [0.29, 0.717) is 12.1 Å². The molecule has 0 aromatic heterocycles. The van der Waals surface area contributed by atoms with Crippen LogP contribution in [-0.2, 0) is 0 Å². The Labute approximate surface area is 92.8 Å². The normalized spacial score (nSPS) is 30.2. The molecule has 0 spiro atoms. The van der Waals surface area contributed by atoms with Crippen molar-refractivity contribution in [3.63, 3.8) is 0 Å². The quantitative estimate of drug-likeness (QED) is 0.769. The average Bonchev–Trinajstić information content (AvgIpc) is 2.62. The Morgan fingerprint density at radius 3 is 2.43 bits per heavy atom. The lowest BCUT2D eigenvalue weighted by molar-refractivity contribution is 0.160. The number of rotatable bonds is 4. The van der Waals surface area contributed by atoms with Crippen LogP contribution in [-0.4, -0.2) is 48.6 Å². The second kappa shape index (κ2) is 5.38. The van der Waals surface area contributed by atoms with Gasteiger partial charge >= 0.3 is 0 Å². The molecule has 84 valence electrons. The zero-order chi connectivity index (χ0) is 10.7. The Morgan fingerprint density at radius 2 is 1.93 bits per heavy atom. The van der Waals surface area contributed by atoms with E-state index in [1.807, 2.05) is 11.8 Å². The third-order valence-corrected chi connectivity index (χ3v) is 4.65. The van der Waals surface area contributed by atoms with Crippen LogP contribution in [0.5, 0.6) is 0 Å². The molecule has 3 heteroatoms. The van der Waals surface area contributed by atoms with E-state index in [1.165, 1.54) is 6.54 Å². The van der Waals surface area contributed by atoms with Gasteiger partial charge in [-0.2, -0.15) is 11.8 Å². The molecule has 1 fully saturated rings. The van der Waals surface area contributed by atoms with E-state index in [9.17, 15) is 0 Å². The Morgan fingerprint density at radius 1 is 1.29 bits per heavy atom. The molecular formula is C11H24N2S. The topological polar surface area (TPSA) is 15.3 Å². The van der Waals surface area contributed by atoms with Gasteiger partial charge in [0.25, 0.3) is 0 Å². The van der Waals surface area contributed by atoms with Crippen LogP contribution in [0.2, 0.25) is 0 Å². The van der Waals surface area contributed by atoms with Crippen molar-refractivity contribution in [2.75, 3.05) is 26.4 Å². The van der Waals surface area contributed by atoms with E-state index in [2.05, 4.69) is 44.3 Å². The second-order valence-corrected chi connectivity index (χ2v) is 5.73. The summed E-state index contributed by atoms with van der Waals surface area (Å²) in [5, 5.41) is 4.25.